The van der Waals surface area contributed by atoms with E-state index in [0.29, 0.717) is 30.3 Å². The highest BCUT2D eigenvalue weighted by molar-refractivity contribution is 7.99. The van der Waals surface area contributed by atoms with E-state index >= 15 is 0 Å². The Kier molecular flexibility index (Phi) is 6.72. The predicted molar refractivity (Wildman–Crippen MR) is 115 cm³/mol. The van der Waals surface area contributed by atoms with Crippen LogP contribution in [0.4, 0.5) is 18.9 Å². The minimum absolute atomic E-state index is 0.112. The maximum atomic E-state index is 14.9. The lowest BCUT2D eigenvalue weighted by molar-refractivity contribution is 0.116. The maximum absolute atomic E-state index is 14.9. The van der Waals surface area contributed by atoms with Crippen LogP contribution in [0, 0.1) is 5.82 Å². The number of hydrogen-bond donors (Lipinski definition) is 0. The van der Waals surface area contributed by atoms with Gasteiger partial charge >= 0.3 is 16.6 Å². The highest BCUT2D eigenvalue weighted by atomic mass is 32.2. The molecule has 0 amide bonds. The van der Waals surface area contributed by atoms with Crippen molar-refractivity contribution < 1.29 is 26.0 Å². The Hall–Kier alpha value is -2.57. The van der Waals surface area contributed by atoms with Crippen LogP contribution in [0.15, 0.2) is 52.9 Å². The maximum Gasteiger partial charge on any atom is 0.314 e. The van der Waals surface area contributed by atoms with Gasteiger partial charge in [-0.05, 0) is 24.3 Å². The van der Waals surface area contributed by atoms with E-state index in [4.69, 9.17) is 4.42 Å². The molecule has 2 aromatic carbocycles. The number of aromatic nitrogens is 2. The highest BCUT2D eigenvalue weighted by Crippen LogP contribution is 2.28. The van der Waals surface area contributed by atoms with Crippen molar-refractivity contribution in [2.24, 2.45) is 0 Å². The summed E-state index contributed by atoms with van der Waals surface area (Å²) in [7, 11) is -3.90. The van der Waals surface area contributed by atoms with Crippen LogP contribution in [0.25, 0.3) is 11.5 Å². The summed E-state index contributed by atoms with van der Waals surface area (Å²) in [6, 6.07) is 12.3. The summed E-state index contributed by atoms with van der Waals surface area (Å²) in [6.07, 6.45) is -2.93. The summed E-state index contributed by atoms with van der Waals surface area (Å²) in [5, 5.41) is 6.74. The van der Waals surface area contributed by atoms with Crippen molar-refractivity contribution in [3.63, 3.8) is 0 Å². The van der Waals surface area contributed by atoms with Gasteiger partial charge in [0.25, 0.3) is 5.89 Å². The Morgan fingerprint density at radius 1 is 1.09 bits per heavy atom. The van der Waals surface area contributed by atoms with Crippen molar-refractivity contribution in [3.8, 4) is 11.5 Å². The molecule has 32 heavy (non-hydrogen) atoms. The molecule has 1 aliphatic heterocycles. The second kappa shape index (κ2) is 9.51. The summed E-state index contributed by atoms with van der Waals surface area (Å²) in [5.74, 6) is -0.440. The van der Waals surface area contributed by atoms with Crippen LogP contribution < -0.4 is 4.31 Å². The number of alkyl halides is 2. The first-order chi connectivity index (χ1) is 15.4. The van der Waals surface area contributed by atoms with E-state index in [1.165, 1.54) is 20.7 Å². The summed E-state index contributed by atoms with van der Waals surface area (Å²) < 4.78 is 74.4. The summed E-state index contributed by atoms with van der Waals surface area (Å²) in [4.78, 5) is 0. The topological polar surface area (TPSA) is 79.5 Å². The zero-order chi connectivity index (χ0) is 22.7. The molecule has 0 unspecified atom stereocenters. The molecule has 1 fully saturated rings. The fourth-order valence-corrected chi connectivity index (χ4v) is 5.97. The monoisotopic (exact) mass is 484 g/mol. The standard InChI is InChI=1S/C20H19F3N4O3S2/c21-17-12-14(19-24-25-20(30-19)18(22)23)6-7-15(17)13-27(16-4-2-1-3-5-16)32(28,29)26-8-10-31-11-9-26/h1-7,12,18H,8-11,13H2. The molecule has 0 atom stereocenters. The van der Waals surface area contributed by atoms with Crippen LogP contribution in [-0.4, -0.2) is 47.5 Å². The number of halogens is 3. The minimum Gasteiger partial charge on any atom is -0.415 e. The molecule has 0 spiro atoms. The highest BCUT2D eigenvalue weighted by Gasteiger charge is 2.32. The van der Waals surface area contributed by atoms with E-state index in [2.05, 4.69) is 10.2 Å². The van der Waals surface area contributed by atoms with Crippen LogP contribution in [0.5, 0.6) is 0 Å². The van der Waals surface area contributed by atoms with Crippen molar-refractivity contribution in [3.05, 3.63) is 65.8 Å². The van der Waals surface area contributed by atoms with Gasteiger partial charge in [0.1, 0.15) is 5.82 Å². The molecular weight excluding hydrogens is 465 g/mol. The lowest BCUT2D eigenvalue weighted by Gasteiger charge is -2.33. The summed E-state index contributed by atoms with van der Waals surface area (Å²) in [5.41, 5.74) is 0.640. The lowest BCUT2D eigenvalue weighted by atomic mass is 10.1. The molecule has 1 aromatic heterocycles. The molecule has 0 aliphatic carbocycles. The molecule has 3 aromatic rings. The molecule has 4 rings (SSSR count). The van der Waals surface area contributed by atoms with Gasteiger partial charge in [-0.2, -0.15) is 33.3 Å². The molecule has 0 N–H and O–H groups in total. The molecule has 170 valence electrons. The fourth-order valence-electron chi connectivity index (χ4n) is 3.22. The Bertz CT molecular complexity index is 1170. The van der Waals surface area contributed by atoms with Crippen molar-refractivity contribution in [1.82, 2.24) is 14.5 Å². The third kappa shape index (κ3) is 4.76. The third-order valence-electron chi connectivity index (χ3n) is 4.86. The average molecular weight is 485 g/mol. The molecule has 0 radical (unpaired) electrons. The van der Waals surface area contributed by atoms with Crippen LogP contribution in [0.3, 0.4) is 0 Å². The zero-order valence-electron chi connectivity index (χ0n) is 16.7. The molecule has 12 heteroatoms. The largest absolute Gasteiger partial charge is 0.415 e. The molecule has 2 heterocycles. The molecule has 0 saturated carbocycles. The number of thioether (sulfide) groups is 1. The molecule has 7 nitrogen and oxygen atoms in total. The number of benzene rings is 2. The van der Waals surface area contributed by atoms with Crippen LogP contribution in [-0.2, 0) is 16.8 Å². The van der Waals surface area contributed by atoms with Gasteiger partial charge in [0.15, 0.2) is 0 Å². The van der Waals surface area contributed by atoms with Crippen LogP contribution in [0.1, 0.15) is 17.9 Å². The van der Waals surface area contributed by atoms with Gasteiger partial charge in [-0.25, -0.2) is 4.39 Å². The van der Waals surface area contributed by atoms with E-state index < -0.39 is 28.3 Å². The number of nitrogens with zero attached hydrogens (tertiary/aromatic N) is 4. The molecule has 1 saturated heterocycles. The van der Waals surface area contributed by atoms with Crippen LogP contribution >= 0.6 is 11.8 Å². The first-order valence-corrected chi connectivity index (χ1v) is 12.2. The molecular formula is C20H19F3N4O3S2. The van der Waals surface area contributed by atoms with E-state index in [0.717, 1.165) is 6.07 Å². The third-order valence-corrected chi connectivity index (χ3v) is 7.72. The van der Waals surface area contributed by atoms with Crippen molar-refractivity contribution in [1.29, 1.82) is 0 Å². The smallest absolute Gasteiger partial charge is 0.314 e. The number of anilines is 1. The summed E-state index contributed by atoms with van der Waals surface area (Å²) in [6.45, 7) is 0.511. The van der Waals surface area contributed by atoms with Crippen molar-refractivity contribution >= 4 is 27.7 Å². The number of hydrogen-bond acceptors (Lipinski definition) is 6. The van der Waals surface area contributed by atoms with Crippen molar-refractivity contribution in [2.45, 2.75) is 13.0 Å². The van der Waals surface area contributed by atoms with Crippen molar-refractivity contribution in [2.75, 3.05) is 28.9 Å². The van der Waals surface area contributed by atoms with E-state index in [-0.39, 0.29) is 23.6 Å². The quantitative estimate of drug-likeness (QED) is 0.502. The average Bonchev–Trinajstić information content (AvgIpc) is 3.30. The Morgan fingerprint density at radius 2 is 1.81 bits per heavy atom. The van der Waals surface area contributed by atoms with Gasteiger partial charge in [0, 0.05) is 35.7 Å². The first kappa shape index (κ1) is 22.6. The van der Waals surface area contributed by atoms with Gasteiger partial charge in [-0.15, -0.1) is 10.2 Å². The van der Waals surface area contributed by atoms with Crippen LogP contribution in [0.2, 0.25) is 0 Å². The second-order valence-electron chi connectivity index (χ2n) is 6.91. The molecule has 1 aliphatic rings. The van der Waals surface area contributed by atoms with Gasteiger partial charge < -0.3 is 4.42 Å². The first-order valence-electron chi connectivity index (χ1n) is 9.67. The number of para-hydroxylation sites is 1. The summed E-state index contributed by atoms with van der Waals surface area (Å²) >= 11 is 1.68. The SMILES string of the molecule is O=S(=O)(N1CCSCC1)N(Cc1ccc(-c2nnc(C(F)F)o2)cc1F)c1ccccc1. The lowest BCUT2D eigenvalue weighted by Crippen LogP contribution is -2.47. The van der Waals surface area contributed by atoms with E-state index in [1.807, 2.05) is 0 Å². The van der Waals surface area contributed by atoms with Gasteiger partial charge in [-0.1, -0.05) is 24.3 Å². The second-order valence-corrected chi connectivity index (χ2v) is 9.99. The van der Waals surface area contributed by atoms with Gasteiger partial charge in [-0.3, -0.25) is 4.31 Å². The van der Waals surface area contributed by atoms with E-state index in [9.17, 15) is 21.6 Å². The Morgan fingerprint density at radius 3 is 2.44 bits per heavy atom. The zero-order valence-corrected chi connectivity index (χ0v) is 18.3. The minimum atomic E-state index is -3.90. The van der Waals surface area contributed by atoms with Gasteiger partial charge in [0.2, 0.25) is 5.89 Å². The fraction of sp³-hybridized carbons (Fsp3) is 0.300. The Balaban J connectivity index is 1.65. The van der Waals surface area contributed by atoms with Gasteiger partial charge in [0.05, 0.1) is 12.2 Å². The van der Waals surface area contributed by atoms with E-state index in [1.54, 1.807) is 42.1 Å². The normalized spacial score (nSPS) is 15.2. The predicted octanol–water partition coefficient (Wildman–Crippen LogP) is 4.11. The Labute approximate surface area is 187 Å². The molecule has 0 bridgehead atoms. The number of rotatable bonds is 7.